The van der Waals surface area contributed by atoms with Crippen LogP contribution in [0, 0.1) is 11.8 Å². The van der Waals surface area contributed by atoms with E-state index in [0.717, 1.165) is 24.9 Å². The van der Waals surface area contributed by atoms with Gasteiger partial charge in [0.2, 0.25) is 0 Å². The van der Waals surface area contributed by atoms with E-state index in [-0.39, 0.29) is 0 Å². The molecular formula is C17H37N3. The molecule has 0 saturated carbocycles. The van der Waals surface area contributed by atoms with Gasteiger partial charge >= 0.3 is 0 Å². The Bertz CT molecular complexity index is 262. The Morgan fingerprint density at radius 1 is 0.900 bits per heavy atom. The van der Waals surface area contributed by atoms with Gasteiger partial charge in [-0.3, -0.25) is 9.80 Å². The molecule has 1 heterocycles. The van der Waals surface area contributed by atoms with Crippen LogP contribution >= 0.6 is 0 Å². The van der Waals surface area contributed by atoms with E-state index in [9.17, 15) is 0 Å². The van der Waals surface area contributed by atoms with Crippen molar-refractivity contribution in [2.24, 2.45) is 11.8 Å². The normalized spacial score (nSPS) is 22.2. The summed E-state index contributed by atoms with van der Waals surface area (Å²) in [5.74, 6) is 1.46. The molecule has 3 nitrogen and oxygen atoms in total. The molecule has 0 aliphatic carbocycles. The lowest BCUT2D eigenvalue weighted by Crippen LogP contribution is -2.56. The number of hydrogen-bond donors (Lipinski definition) is 1. The fraction of sp³-hybridized carbons (Fsp3) is 1.00. The summed E-state index contributed by atoms with van der Waals surface area (Å²) in [5, 5.41) is 3.60. The Morgan fingerprint density at radius 3 is 1.90 bits per heavy atom. The smallest absolute Gasteiger partial charge is 0.0126 e. The Balaban J connectivity index is 2.32. The van der Waals surface area contributed by atoms with Crippen molar-refractivity contribution >= 4 is 0 Å². The molecular weight excluding hydrogens is 246 g/mol. The van der Waals surface area contributed by atoms with Gasteiger partial charge in [0.05, 0.1) is 0 Å². The average Bonchev–Trinajstić information content (AvgIpc) is 2.36. The molecule has 3 heteroatoms. The van der Waals surface area contributed by atoms with Crippen molar-refractivity contribution in [1.82, 2.24) is 15.1 Å². The largest absolute Gasteiger partial charge is 0.316 e. The van der Waals surface area contributed by atoms with Gasteiger partial charge in [0, 0.05) is 37.8 Å². The summed E-state index contributed by atoms with van der Waals surface area (Å²) < 4.78 is 0. The highest BCUT2D eigenvalue weighted by Crippen LogP contribution is 2.19. The Hall–Kier alpha value is -0.120. The molecule has 120 valence electrons. The summed E-state index contributed by atoms with van der Waals surface area (Å²) >= 11 is 0. The Morgan fingerprint density at radius 2 is 1.45 bits per heavy atom. The van der Waals surface area contributed by atoms with Crippen LogP contribution in [0.4, 0.5) is 0 Å². The lowest BCUT2D eigenvalue weighted by atomic mass is 9.99. The predicted molar refractivity (Wildman–Crippen MR) is 89.2 cm³/mol. The molecule has 1 saturated heterocycles. The topological polar surface area (TPSA) is 18.5 Å². The van der Waals surface area contributed by atoms with Gasteiger partial charge in [0.1, 0.15) is 0 Å². The predicted octanol–water partition coefficient (Wildman–Crippen LogP) is 2.67. The third kappa shape index (κ3) is 5.71. The number of piperazine rings is 1. The van der Waals surface area contributed by atoms with Gasteiger partial charge in [-0.1, -0.05) is 20.8 Å². The van der Waals surface area contributed by atoms with Gasteiger partial charge in [-0.25, -0.2) is 0 Å². The molecule has 20 heavy (non-hydrogen) atoms. The van der Waals surface area contributed by atoms with Crippen LogP contribution in [-0.4, -0.2) is 60.6 Å². The van der Waals surface area contributed by atoms with Gasteiger partial charge in [0.25, 0.3) is 0 Å². The van der Waals surface area contributed by atoms with Crippen LogP contribution in [-0.2, 0) is 0 Å². The van der Waals surface area contributed by atoms with Crippen molar-refractivity contribution in [3.8, 4) is 0 Å². The molecule has 1 N–H and O–H groups in total. The highest BCUT2D eigenvalue weighted by molar-refractivity contribution is 4.85. The van der Waals surface area contributed by atoms with Crippen molar-refractivity contribution in [2.45, 2.75) is 60.0 Å². The molecule has 1 aliphatic rings. The molecule has 0 aromatic heterocycles. The number of nitrogens with zero attached hydrogens (tertiary/aromatic N) is 2. The van der Waals surface area contributed by atoms with E-state index in [0.29, 0.717) is 11.6 Å². The summed E-state index contributed by atoms with van der Waals surface area (Å²) in [6.45, 7) is 23.4. The molecule has 1 rings (SSSR count). The van der Waals surface area contributed by atoms with Gasteiger partial charge in [-0.15, -0.1) is 0 Å². The molecule has 0 radical (unpaired) electrons. The number of nitrogens with one attached hydrogen (secondary N) is 1. The molecule has 1 fully saturated rings. The van der Waals surface area contributed by atoms with E-state index in [1.54, 1.807) is 0 Å². The van der Waals surface area contributed by atoms with E-state index >= 15 is 0 Å². The minimum Gasteiger partial charge on any atom is -0.316 e. The third-order valence-electron chi connectivity index (χ3n) is 4.68. The Kier molecular flexibility index (Phi) is 6.96. The van der Waals surface area contributed by atoms with Crippen LogP contribution < -0.4 is 5.32 Å². The first-order valence-corrected chi connectivity index (χ1v) is 8.41. The van der Waals surface area contributed by atoms with E-state index in [4.69, 9.17) is 0 Å². The zero-order valence-corrected chi connectivity index (χ0v) is 14.9. The maximum atomic E-state index is 3.60. The first-order valence-electron chi connectivity index (χ1n) is 8.41. The van der Waals surface area contributed by atoms with Crippen molar-refractivity contribution in [3.05, 3.63) is 0 Å². The van der Waals surface area contributed by atoms with Crippen LogP contribution in [0.2, 0.25) is 0 Å². The third-order valence-corrected chi connectivity index (χ3v) is 4.68. The molecule has 0 spiro atoms. The van der Waals surface area contributed by atoms with Gasteiger partial charge in [0.15, 0.2) is 0 Å². The van der Waals surface area contributed by atoms with E-state index in [1.807, 2.05) is 0 Å². The second kappa shape index (κ2) is 7.77. The van der Waals surface area contributed by atoms with Gasteiger partial charge < -0.3 is 5.32 Å². The van der Waals surface area contributed by atoms with Crippen LogP contribution in [0.25, 0.3) is 0 Å². The van der Waals surface area contributed by atoms with Crippen LogP contribution in [0.1, 0.15) is 48.5 Å². The number of rotatable bonds is 6. The van der Waals surface area contributed by atoms with Gasteiger partial charge in [-0.05, 0) is 52.6 Å². The molecule has 0 aromatic carbocycles. The molecule has 2 atom stereocenters. The quantitative estimate of drug-likeness (QED) is 0.808. The lowest BCUT2D eigenvalue weighted by molar-refractivity contribution is 0.0339. The SMILES string of the molecule is CC(C)CNCC(C)C(C)N1CCN(C(C)(C)C)CC1. The first-order chi connectivity index (χ1) is 9.21. The fourth-order valence-electron chi connectivity index (χ4n) is 2.93. The highest BCUT2D eigenvalue weighted by atomic mass is 15.3. The van der Waals surface area contributed by atoms with E-state index in [2.05, 4.69) is 63.6 Å². The van der Waals surface area contributed by atoms with Gasteiger partial charge in [-0.2, -0.15) is 0 Å². The summed E-state index contributed by atoms with van der Waals surface area (Å²) in [6, 6.07) is 0.678. The summed E-state index contributed by atoms with van der Waals surface area (Å²) in [5.41, 5.74) is 0.319. The summed E-state index contributed by atoms with van der Waals surface area (Å²) in [4.78, 5) is 5.28. The van der Waals surface area contributed by atoms with Crippen molar-refractivity contribution in [2.75, 3.05) is 39.3 Å². The highest BCUT2D eigenvalue weighted by Gasteiger charge is 2.29. The van der Waals surface area contributed by atoms with E-state index < -0.39 is 0 Å². The monoisotopic (exact) mass is 283 g/mol. The zero-order chi connectivity index (χ0) is 15.3. The lowest BCUT2D eigenvalue weighted by Gasteiger charge is -2.45. The van der Waals surface area contributed by atoms with Crippen LogP contribution in [0.3, 0.4) is 0 Å². The second-order valence-corrected chi connectivity index (χ2v) is 7.96. The van der Waals surface area contributed by atoms with E-state index in [1.165, 1.54) is 26.2 Å². The molecule has 0 amide bonds. The standard InChI is InChI=1S/C17H37N3/c1-14(2)12-18-13-15(3)16(4)19-8-10-20(11-9-19)17(5,6)7/h14-16,18H,8-13H2,1-7H3. The molecule has 1 aliphatic heterocycles. The maximum Gasteiger partial charge on any atom is 0.0126 e. The maximum absolute atomic E-state index is 3.60. The molecule has 2 unspecified atom stereocenters. The minimum absolute atomic E-state index is 0.319. The zero-order valence-electron chi connectivity index (χ0n) is 14.9. The summed E-state index contributed by atoms with van der Waals surface area (Å²) in [6.07, 6.45) is 0. The first kappa shape index (κ1) is 17.9. The Labute approximate surface area is 127 Å². The average molecular weight is 284 g/mol. The number of hydrogen-bond acceptors (Lipinski definition) is 3. The van der Waals surface area contributed by atoms with Crippen molar-refractivity contribution in [1.29, 1.82) is 0 Å². The molecule has 0 aromatic rings. The van der Waals surface area contributed by atoms with Crippen molar-refractivity contribution in [3.63, 3.8) is 0 Å². The summed E-state index contributed by atoms with van der Waals surface area (Å²) in [7, 11) is 0. The minimum atomic E-state index is 0.319. The molecule has 0 bridgehead atoms. The fourth-order valence-corrected chi connectivity index (χ4v) is 2.93. The second-order valence-electron chi connectivity index (χ2n) is 7.96. The van der Waals surface area contributed by atoms with Crippen LogP contribution in [0.5, 0.6) is 0 Å². The van der Waals surface area contributed by atoms with Crippen molar-refractivity contribution < 1.29 is 0 Å². The van der Waals surface area contributed by atoms with Crippen LogP contribution in [0.15, 0.2) is 0 Å².